The maximum Gasteiger partial charge on any atom is 0.267 e. The Labute approximate surface area is 175 Å². The van der Waals surface area contributed by atoms with Gasteiger partial charge < -0.3 is 19.9 Å². The van der Waals surface area contributed by atoms with E-state index >= 15 is 0 Å². The summed E-state index contributed by atoms with van der Waals surface area (Å²) in [6.07, 6.45) is 0.723. The largest absolute Gasteiger partial charge is 0.382 e. The Hall–Kier alpha value is -2.94. The SMILES string of the molecule is CCOCCCNC(=O)Cn1nc(N2CCN(c3ccc(F)cc3)CC2)ccc1=O. The van der Waals surface area contributed by atoms with Crippen LogP contribution >= 0.6 is 0 Å². The number of nitrogens with one attached hydrogen (secondary N) is 1. The molecule has 0 spiro atoms. The Morgan fingerprint density at radius 2 is 1.80 bits per heavy atom. The smallest absolute Gasteiger partial charge is 0.267 e. The number of hydrogen-bond acceptors (Lipinski definition) is 6. The third-order valence-electron chi connectivity index (χ3n) is 4.93. The second kappa shape index (κ2) is 10.7. The van der Waals surface area contributed by atoms with Crippen molar-refractivity contribution < 1.29 is 13.9 Å². The zero-order chi connectivity index (χ0) is 21.3. The molecular formula is C21H28FN5O3. The molecule has 2 aromatic rings. The molecule has 1 fully saturated rings. The van der Waals surface area contributed by atoms with Crippen LogP contribution in [0.4, 0.5) is 15.9 Å². The van der Waals surface area contributed by atoms with Gasteiger partial charge in [-0.2, -0.15) is 5.10 Å². The number of halogens is 1. The highest BCUT2D eigenvalue weighted by Gasteiger charge is 2.19. The minimum Gasteiger partial charge on any atom is -0.382 e. The molecule has 0 aliphatic carbocycles. The normalized spacial score (nSPS) is 14.1. The molecule has 0 saturated carbocycles. The number of anilines is 2. The van der Waals surface area contributed by atoms with Crippen molar-refractivity contribution in [3.8, 4) is 0 Å². The van der Waals surface area contributed by atoms with Crippen molar-refractivity contribution in [3.05, 3.63) is 52.6 Å². The Kier molecular flexibility index (Phi) is 7.78. The van der Waals surface area contributed by atoms with E-state index < -0.39 is 0 Å². The average molecular weight is 417 g/mol. The standard InChI is InChI=1S/C21H28FN5O3/c1-2-30-15-3-10-23-20(28)16-27-21(29)9-8-19(24-27)26-13-11-25(12-14-26)18-6-4-17(22)5-7-18/h4-9H,2-3,10-16H2,1H3,(H,23,28). The summed E-state index contributed by atoms with van der Waals surface area (Å²) < 4.78 is 19.5. The summed E-state index contributed by atoms with van der Waals surface area (Å²) in [7, 11) is 0. The Bertz CT molecular complexity index is 879. The van der Waals surface area contributed by atoms with E-state index in [1.54, 1.807) is 18.2 Å². The summed E-state index contributed by atoms with van der Waals surface area (Å²) in [6, 6.07) is 9.60. The molecule has 0 bridgehead atoms. The summed E-state index contributed by atoms with van der Waals surface area (Å²) in [5.41, 5.74) is 0.670. The van der Waals surface area contributed by atoms with Crippen molar-refractivity contribution in [3.63, 3.8) is 0 Å². The molecule has 8 nitrogen and oxygen atoms in total. The van der Waals surface area contributed by atoms with Crippen LogP contribution < -0.4 is 20.7 Å². The van der Waals surface area contributed by atoms with Crippen LogP contribution in [0.25, 0.3) is 0 Å². The van der Waals surface area contributed by atoms with Gasteiger partial charge in [0, 0.05) is 57.7 Å². The molecule has 9 heteroatoms. The maximum absolute atomic E-state index is 13.1. The lowest BCUT2D eigenvalue weighted by Crippen LogP contribution is -2.47. The van der Waals surface area contributed by atoms with Crippen LogP contribution in [0, 0.1) is 5.82 Å². The van der Waals surface area contributed by atoms with Gasteiger partial charge in [0.15, 0.2) is 0 Å². The quantitative estimate of drug-likeness (QED) is 0.619. The van der Waals surface area contributed by atoms with Crippen LogP contribution in [0.15, 0.2) is 41.2 Å². The summed E-state index contributed by atoms with van der Waals surface area (Å²) in [5.74, 6) is 0.166. The lowest BCUT2D eigenvalue weighted by atomic mass is 10.2. The minimum absolute atomic E-state index is 0.114. The van der Waals surface area contributed by atoms with Crippen molar-refractivity contribution in [2.24, 2.45) is 0 Å². The summed E-state index contributed by atoms with van der Waals surface area (Å²) in [5, 5.41) is 7.16. The fourth-order valence-corrected chi connectivity index (χ4v) is 3.30. The van der Waals surface area contributed by atoms with Crippen LogP contribution in [0.2, 0.25) is 0 Å². The first-order chi connectivity index (χ1) is 14.6. The van der Waals surface area contributed by atoms with Crippen molar-refractivity contribution >= 4 is 17.4 Å². The highest BCUT2D eigenvalue weighted by Crippen LogP contribution is 2.19. The van der Waals surface area contributed by atoms with Gasteiger partial charge in [-0.15, -0.1) is 0 Å². The average Bonchev–Trinajstić information content (AvgIpc) is 2.76. The molecule has 3 rings (SSSR count). The molecule has 0 unspecified atom stereocenters. The number of ether oxygens (including phenoxy) is 1. The molecule has 0 radical (unpaired) electrons. The van der Waals surface area contributed by atoms with Crippen LogP contribution in [0.1, 0.15) is 13.3 Å². The van der Waals surface area contributed by atoms with Gasteiger partial charge in [0.05, 0.1) is 0 Å². The first kappa shape index (κ1) is 21.8. The Balaban J connectivity index is 1.54. The number of hydrogen-bond donors (Lipinski definition) is 1. The number of aromatic nitrogens is 2. The van der Waals surface area contributed by atoms with E-state index in [0.29, 0.717) is 38.7 Å². The summed E-state index contributed by atoms with van der Waals surface area (Å²) in [4.78, 5) is 28.5. The minimum atomic E-state index is -0.312. The van der Waals surface area contributed by atoms with Gasteiger partial charge >= 0.3 is 0 Å². The molecule has 1 amide bonds. The number of piperazine rings is 1. The van der Waals surface area contributed by atoms with Gasteiger partial charge in [0.2, 0.25) is 5.91 Å². The molecule has 0 atom stereocenters. The van der Waals surface area contributed by atoms with Gasteiger partial charge in [-0.1, -0.05) is 0 Å². The van der Waals surface area contributed by atoms with Crippen LogP contribution in [0.3, 0.4) is 0 Å². The number of nitrogens with zero attached hydrogens (tertiary/aromatic N) is 4. The van der Waals surface area contributed by atoms with Gasteiger partial charge in [-0.25, -0.2) is 9.07 Å². The Morgan fingerprint density at radius 3 is 2.50 bits per heavy atom. The van der Waals surface area contributed by atoms with Gasteiger partial charge in [-0.3, -0.25) is 9.59 Å². The molecule has 1 N–H and O–H groups in total. The molecule has 1 aliphatic heterocycles. The molecule has 1 aromatic heterocycles. The fraction of sp³-hybridized carbons (Fsp3) is 0.476. The van der Waals surface area contributed by atoms with Crippen molar-refractivity contribution in [2.45, 2.75) is 19.9 Å². The first-order valence-corrected chi connectivity index (χ1v) is 10.2. The molecule has 2 heterocycles. The number of carbonyl (C=O) groups excluding carboxylic acids is 1. The lowest BCUT2D eigenvalue weighted by molar-refractivity contribution is -0.121. The van der Waals surface area contributed by atoms with Gasteiger partial charge in [0.1, 0.15) is 18.2 Å². The van der Waals surface area contributed by atoms with Crippen molar-refractivity contribution in [1.82, 2.24) is 15.1 Å². The number of rotatable bonds is 9. The highest BCUT2D eigenvalue weighted by molar-refractivity contribution is 5.75. The van der Waals surface area contributed by atoms with E-state index in [1.165, 1.54) is 22.9 Å². The second-order valence-electron chi connectivity index (χ2n) is 7.04. The number of carbonyl (C=O) groups is 1. The second-order valence-corrected chi connectivity index (χ2v) is 7.04. The first-order valence-electron chi connectivity index (χ1n) is 10.2. The fourth-order valence-electron chi connectivity index (χ4n) is 3.30. The molecule has 1 aromatic carbocycles. The topological polar surface area (TPSA) is 79.7 Å². The van der Waals surface area contributed by atoms with E-state index in [2.05, 4.69) is 20.2 Å². The molecular weight excluding hydrogens is 389 g/mol. The summed E-state index contributed by atoms with van der Waals surface area (Å²) in [6.45, 7) is 6.49. The summed E-state index contributed by atoms with van der Waals surface area (Å²) >= 11 is 0. The van der Waals surface area contributed by atoms with E-state index in [1.807, 2.05) is 6.92 Å². The molecule has 30 heavy (non-hydrogen) atoms. The monoisotopic (exact) mass is 417 g/mol. The predicted molar refractivity (Wildman–Crippen MR) is 113 cm³/mol. The van der Waals surface area contributed by atoms with E-state index in [9.17, 15) is 14.0 Å². The molecule has 1 saturated heterocycles. The van der Waals surface area contributed by atoms with Crippen molar-refractivity contribution in [1.29, 1.82) is 0 Å². The van der Waals surface area contributed by atoms with E-state index in [0.717, 1.165) is 25.2 Å². The van der Waals surface area contributed by atoms with E-state index in [4.69, 9.17) is 4.74 Å². The molecule has 162 valence electrons. The van der Waals surface area contributed by atoms with E-state index in [-0.39, 0.29) is 23.8 Å². The third kappa shape index (κ3) is 6.03. The molecule has 1 aliphatic rings. The van der Waals surface area contributed by atoms with Crippen molar-refractivity contribution in [2.75, 3.05) is 55.7 Å². The number of benzene rings is 1. The third-order valence-corrected chi connectivity index (χ3v) is 4.93. The van der Waals surface area contributed by atoms with Crippen LogP contribution in [0.5, 0.6) is 0 Å². The lowest BCUT2D eigenvalue weighted by Gasteiger charge is -2.36. The maximum atomic E-state index is 13.1. The van der Waals surface area contributed by atoms with Gasteiger partial charge in [0.25, 0.3) is 5.56 Å². The van der Waals surface area contributed by atoms with Gasteiger partial charge in [-0.05, 0) is 43.7 Å². The van der Waals surface area contributed by atoms with Crippen LogP contribution in [-0.4, -0.2) is 61.6 Å². The number of amides is 1. The predicted octanol–water partition coefficient (Wildman–Crippen LogP) is 1.25. The van der Waals surface area contributed by atoms with Crippen LogP contribution in [-0.2, 0) is 16.1 Å². The zero-order valence-electron chi connectivity index (χ0n) is 17.2. The zero-order valence-corrected chi connectivity index (χ0v) is 17.2. The Morgan fingerprint density at radius 1 is 1.10 bits per heavy atom. The highest BCUT2D eigenvalue weighted by atomic mass is 19.1.